The maximum atomic E-state index is 4.57. The van der Waals surface area contributed by atoms with Crippen molar-refractivity contribution in [3.8, 4) is 0 Å². The monoisotopic (exact) mass is 727 g/mol. The van der Waals surface area contributed by atoms with Crippen LogP contribution in [0.25, 0.3) is 0 Å². The number of allylic oxidation sites excluding steroid dienone is 4. The Morgan fingerprint density at radius 3 is 0.622 bits per heavy atom. The van der Waals surface area contributed by atoms with E-state index in [2.05, 4.69) is 216 Å². The van der Waals surface area contributed by atoms with Gasteiger partial charge in [0.25, 0.3) is 0 Å². The third kappa shape index (κ3) is 11.2. The summed E-state index contributed by atoms with van der Waals surface area (Å²) in [7, 11) is 3.68. The number of benzene rings is 6. The molecule has 0 atom stereocenters. The molecule has 225 valence electrons. The van der Waals surface area contributed by atoms with Crippen molar-refractivity contribution in [2.45, 2.75) is 6.42 Å². The first-order chi connectivity index (χ1) is 22.4. The Morgan fingerprint density at radius 1 is 0.311 bits per heavy atom. The predicted molar refractivity (Wildman–Crippen MR) is 199 cm³/mol. The molecule has 0 heterocycles. The molecule has 0 N–H and O–H groups in total. The zero-order valence-electron chi connectivity index (χ0n) is 25.0. The van der Waals surface area contributed by atoms with Crippen LogP contribution in [0.15, 0.2) is 206 Å². The Balaban J connectivity index is 0.000000169. The fourth-order valence-corrected chi connectivity index (χ4v) is 9.36. The summed E-state index contributed by atoms with van der Waals surface area (Å²) in [6.07, 6.45) is 9.50. The first kappa shape index (κ1) is 34.4. The Hall–Kier alpha value is -3.43. The Morgan fingerprint density at radius 2 is 0.489 bits per heavy atom. The van der Waals surface area contributed by atoms with Gasteiger partial charge in [-0.25, -0.2) is 0 Å². The number of hydrogen-bond acceptors (Lipinski definition) is 0. The molecule has 0 aromatic heterocycles. The minimum absolute atomic E-state index is 0.446. The van der Waals surface area contributed by atoms with Crippen LogP contribution in [0.5, 0.6) is 0 Å². The van der Waals surface area contributed by atoms with Crippen molar-refractivity contribution >= 4 is 57.4 Å². The van der Waals surface area contributed by atoms with Gasteiger partial charge in [0.05, 0.1) is 0 Å². The molecule has 0 bridgehead atoms. The molecule has 4 heteroatoms. The molecule has 0 saturated heterocycles. The van der Waals surface area contributed by atoms with Crippen LogP contribution in [0.1, 0.15) is 6.42 Å². The van der Waals surface area contributed by atoms with Crippen LogP contribution in [-0.2, 0) is 17.3 Å². The SMILES string of the molecule is C1=CCC=C1.[Cl][Ru].c1ccc(P(c2ccccc2)c2ccccc2)cc1.c1ccc(P(c2ccccc2)c2ccccc2)cc1. The summed E-state index contributed by atoms with van der Waals surface area (Å²) in [5, 5.41) is 8.39. The number of halogens is 1. The molecule has 45 heavy (non-hydrogen) atoms. The zero-order valence-corrected chi connectivity index (χ0v) is 29.2. The molecule has 0 fully saturated rings. The predicted octanol–water partition coefficient (Wildman–Crippen LogP) is 9.08. The van der Waals surface area contributed by atoms with Gasteiger partial charge in [-0.2, -0.15) is 0 Å². The first-order valence-electron chi connectivity index (χ1n) is 14.8. The minimum Gasteiger partial charge on any atom is -0.0622 e. The maximum absolute atomic E-state index is 4.57. The van der Waals surface area contributed by atoms with Crippen molar-refractivity contribution in [1.82, 2.24) is 0 Å². The molecule has 0 saturated carbocycles. The summed E-state index contributed by atoms with van der Waals surface area (Å²) in [6, 6.07) is 64.7. The molecule has 1 aliphatic rings. The second-order valence-electron chi connectivity index (χ2n) is 9.78. The Kier molecular flexibility index (Phi) is 15.7. The summed E-state index contributed by atoms with van der Waals surface area (Å²) in [5.41, 5.74) is 0. The van der Waals surface area contributed by atoms with E-state index in [1.807, 2.05) is 17.3 Å². The van der Waals surface area contributed by atoms with E-state index in [1.54, 1.807) is 0 Å². The van der Waals surface area contributed by atoms with Crippen molar-refractivity contribution in [3.05, 3.63) is 206 Å². The standard InChI is InChI=1S/2C18H15P.C5H6.ClH.Ru/c2*1-4-10-16(11-5-1)19(17-12-6-2-7-13-17)18-14-8-3-9-15-18;1-2-4-5-3-1;;/h2*1-15H;1-4H,5H2;1H;/q;;;;+1/p-1. The van der Waals surface area contributed by atoms with Crippen LogP contribution >= 0.6 is 25.5 Å². The maximum Gasteiger partial charge on any atom is -0.0134 e. The average Bonchev–Trinajstić information content (AvgIpc) is 3.74. The molecule has 0 amide bonds. The van der Waals surface area contributed by atoms with Gasteiger partial charge in [0.1, 0.15) is 0 Å². The fraction of sp³-hybridized carbons (Fsp3) is 0.0244. The number of rotatable bonds is 6. The molecule has 0 nitrogen and oxygen atoms in total. The molecule has 6 aromatic carbocycles. The van der Waals surface area contributed by atoms with E-state index in [-0.39, 0.29) is 0 Å². The van der Waals surface area contributed by atoms with Crippen LogP contribution in [0.3, 0.4) is 0 Å². The first-order valence-corrected chi connectivity index (χ1v) is 19.7. The van der Waals surface area contributed by atoms with Gasteiger partial charge in [-0.15, -0.1) is 0 Å². The van der Waals surface area contributed by atoms with Gasteiger partial charge in [-0.1, -0.05) is 206 Å². The molecule has 7 rings (SSSR count). The normalized spacial score (nSPS) is 11.0. The molecular formula is C41H36ClP2Ru. The summed E-state index contributed by atoms with van der Waals surface area (Å²) < 4.78 is 0. The second-order valence-corrected chi connectivity index (χ2v) is 14.2. The second kappa shape index (κ2) is 20.6. The molecule has 1 aliphatic carbocycles. The molecular weight excluding hydrogens is 691 g/mol. The van der Waals surface area contributed by atoms with Crippen LogP contribution in [0.2, 0.25) is 0 Å². The van der Waals surface area contributed by atoms with E-state index in [9.17, 15) is 0 Å². The summed E-state index contributed by atoms with van der Waals surface area (Å²) in [6.45, 7) is 0. The van der Waals surface area contributed by atoms with Gasteiger partial charge in [0.2, 0.25) is 0 Å². The van der Waals surface area contributed by atoms with E-state index < -0.39 is 15.8 Å². The van der Waals surface area contributed by atoms with E-state index >= 15 is 0 Å². The van der Waals surface area contributed by atoms with Crippen LogP contribution in [0.4, 0.5) is 0 Å². The van der Waals surface area contributed by atoms with Gasteiger partial charge < -0.3 is 0 Å². The third-order valence-corrected chi connectivity index (χ3v) is 11.6. The summed E-state index contributed by atoms with van der Waals surface area (Å²) in [4.78, 5) is 0. The van der Waals surface area contributed by atoms with Crippen molar-refractivity contribution in [1.29, 1.82) is 0 Å². The van der Waals surface area contributed by atoms with Crippen molar-refractivity contribution in [2.24, 2.45) is 0 Å². The zero-order chi connectivity index (χ0) is 31.4. The smallest absolute Gasteiger partial charge is 0.0134 e. The van der Waals surface area contributed by atoms with Gasteiger partial charge in [-0.3, -0.25) is 0 Å². The van der Waals surface area contributed by atoms with Crippen molar-refractivity contribution in [2.75, 3.05) is 0 Å². The summed E-state index contributed by atoms with van der Waals surface area (Å²) in [5.74, 6) is 0. The number of hydrogen-bond donors (Lipinski definition) is 0. The molecule has 0 unspecified atom stereocenters. The van der Waals surface area contributed by atoms with Crippen molar-refractivity contribution < 1.29 is 17.3 Å². The van der Waals surface area contributed by atoms with E-state index in [4.69, 9.17) is 0 Å². The van der Waals surface area contributed by atoms with Crippen LogP contribution < -0.4 is 31.8 Å². The van der Waals surface area contributed by atoms with Crippen LogP contribution in [-0.4, -0.2) is 0 Å². The van der Waals surface area contributed by atoms with E-state index in [0.717, 1.165) is 6.42 Å². The quantitative estimate of drug-likeness (QED) is 0.119. The Bertz CT molecular complexity index is 1350. The van der Waals surface area contributed by atoms with Crippen molar-refractivity contribution in [3.63, 3.8) is 0 Å². The van der Waals surface area contributed by atoms with E-state index in [0.29, 0.717) is 0 Å². The van der Waals surface area contributed by atoms with Gasteiger partial charge in [0, 0.05) is 0 Å². The van der Waals surface area contributed by atoms with E-state index in [1.165, 1.54) is 31.8 Å². The molecule has 0 radical (unpaired) electrons. The molecule has 0 aliphatic heterocycles. The topological polar surface area (TPSA) is 0 Å². The molecule has 6 aromatic rings. The summed E-state index contributed by atoms with van der Waals surface area (Å²) >= 11 is 1.82. The average molecular weight is 727 g/mol. The molecule has 0 spiro atoms. The van der Waals surface area contributed by atoms with Gasteiger partial charge in [0.15, 0.2) is 0 Å². The third-order valence-electron chi connectivity index (χ3n) is 6.74. The van der Waals surface area contributed by atoms with Gasteiger partial charge in [-0.05, 0) is 54.1 Å². The minimum atomic E-state index is -0.446. The van der Waals surface area contributed by atoms with Gasteiger partial charge >= 0.3 is 27.0 Å². The largest absolute Gasteiger partial charge is 0.0622 e. The fourth-order valence-electron chi connectivity index (χ4n) is 4.75. The Labute approximate surface area is 285 Å². The van der Waals surface area contributed by atoms with Crippen LogP contribution in [0, 0.1) is 0 Å².